The van der Waals surface area contributed by atoms with Crippen molar-refractivity contribution >= 4 is 0 Å². The average Bonchev–Trinajstić information content (AvgIpc) is 2.98. The molecule has 1 saturated heterocycles. The van der Waals surface area contributed by atoms with Crippen LogP contribution in [0.25, 0.3) is 0 Å². The third-order valence-electron chi connectivity index (χ3n) is 5.10. The van der Waals surface area contributed by atoms with E-state index in [1.54, 1.807) is 0 Å². The minimum Gasteiger partial charge on any atom is -0.493 e. The summed E-state index contributed by atoms with van der Waals surface area (Å²) in [5.74, 6) is 7.01. The molecule has 1 atom stereocenters. The first-order valence-corrected chi connectivity index (χ1v) is 8.10. The summed E-state index contributed by atoms with van der Waals surface area (Å²) < 4.78 is 5.88. The number of nitrogens with two attached hydrogens (primary N) is 1. The lowest BCUT2D eigenvalue weighted by molar-refractivity contribution is 0.0599. The summed E-state index contributed by atoms with van der Waals surface area (Å²) in [5, 5.41) is 0. The van der Waals surface area contributed by atoms with E-state index in [1.807, 2.05) is 0 Å². The van der Waals surface area contributed by atoms with Crippen LogP contribution >= 0.6 is 0 Å². The molecule has 1 fully saturated rings. The SMILES string of the molecule is CC(C)(C(NN)c1cccc2c1OCC2)N1CCCCC1. The van der Waals surface area contributed by atoms with Crippen LogP contribution in [0.5, 0.6) is 5.75 Å². The predicted octanol–water partition coefficient (Wildman–Crippen LogP) is 2.39. The first kappa shape index (κ1) is 14.8. The molecule has 3 rings (SSSR count). The Labute approximate surface area is 127 Å². The van der Waals surface area contributed by atoms with E-state index in [0.717, 1.165) is 31.9 Å². The molecule has 0 aliphatic carbocycles. The molecule has 0 spiro atoms. The molecule has 0 radical (unpaired) electrons. The number of nitrogens with zero attached hydrogens (tertiary/aromatic N) is 1. The van der Waals surface area contributed by atoms with Crippen LogP contribution < -0.4 is 16.0 Å². The van der Waals surface area contributed by atoms with Crippen molar-refractivity contribution in [1.82, 2.24) is 10.3 Å². The van der Waals surface area contributed by atoms with E-state index in [0.29, 0.717) is 0 Å². The second-order valence-corrected chi connectivity index (χ2v) is 6.74. The van der Waals surface area contributed by atoms with Crippen molar-refractivity contribution in [3.63, 3.8) is 0 Å². The van der Waals surface area contributed by atoms with Crippen LogP contribution in [0.3, 0.4) is 0 Å². The Bertz CT molecular complexity index is 495. The van der Waals surface area contributed by atoms with Gasteiger partial charge in [-0.2, -0.15) is 0 Å². The number of piperidine rings is 1. The molecule has 116 valence electrons. The van der Waals surface area contributed by atoms with Gasteiger partial charge in [-0.1, -0.05) is 24.6 Å². The molecule has 1 aromatic carbocycles. The summed E-state index contributed by atoms with van der Waals surface area (Å²) in [6.07, 6.45) is 4.91. The number of likely N-dealkylation sites (tertiary alicyclic amines) is 1. The van der Waals surface area contributed by atoms with E-state index < -0.39 is 0 Å². The molecule has 3 N–H and O–H groups in total. The molecule has 4 heteroatoms. The summed E-state index contributed by atoms with van der Waals surface area (Å²) in [5.41, 5.74) is 5.54. The smallest absolute Gasteiger partial charge is 0.127 e. The predicted molar refractivity (Wildman–Crippen MR) is 85.2 cm³/mol. The van der Waals surface area contributed by atoms with E-state index >= 15 is 0 Å². The number of nitrogens with one attached hydrogen (secondary N) is 1. The van der Waals surface area contributed by atoms with Gasteiger partial charge < -0.3 is 4.74 Å². The maximum atomic E-state index is 5.96. The van der Waals surface area contributed by atoms with Crippen LogP contribution in [-0.4, -0.2) is 30.1 Å². The molecule has 2 aliphatic heterocycles. The zero-order valence-electron chi connectivity index (χ0n) is 13.2. The van der Waals surface area contributed by atoms with Gasteiger partial charge in [0.25, 0.3) is 0 Å². The average molecular weight is 289 g/mol. The van der Waals surface area contributed by atoms with Gasteiger partial charge in [0.15, 0.2) is 0 Å². The van der Waals surface area contributed by atoms with E-state index in [4.69, 9.17) is 10.6 Å². The highest BCUT2D eigenvalue weighted by Crippen LogP contribution is 2.40. The van der Waals surface area contributed by atoms with Gasteiger partial charge in [-0.15, -0.1) is 0 Å². The van der Waals surface area contributed by atoms with Crippen molar-refractivity contribution in [2.75, 3.05) is 19.7 Å². The van der Waals surface area contributed by atoms with Gasteiger partial charge in [-0.05, 0) is 45.3 Å². The summed E-state index contributed by atoms with van der Waals surface area (Å²) in [4.78, 5) is 2.56. The highest BCUT2D eigenvalue weighted by Gasteiger charge is 2.38. The molecule has 2 heterocycles. The molecule has 0 bridgehead atoms. The highest BCUT2D eigenvalue weighted by atomic mass is 16.5. The zero-order chi connectivity index (χ0) is 14.9. The molecule has 0 amide bonds. The van der Waals surface area contributed by atoms with Crippen molar-refractivity contribution in [3.05, 3.63) is 29.3 Å². The Morgan fingerprint density at radius 1 is 1.24 bits per heavy atom. The Morgan fingerprint density at radius 3 is 2.71 bits per heavy atom. The number of fused-ring (bicyclic) bond motifs is 1. The second-order valence-electron chi connectivity index (χ2n) is 6.74. The fourth-order valence-corrected chi connectivity index (χ4v) is 3.80. The van der Waals surface area contributed by atoms with E-state index in [1.165, 1.54) is 30.4 Å². The highest BCUT2D eigenvalue weighted by molar-refractivity contribution is 5.46. The molecule has 1 aromatic rings. The number of hydrogen-bond acceptors (Lipinski definition) is 4. The summed E-state index contributed by atoms with van der Waals surface area (Å²) in [6.45, 7) is 7.67. The van der Waals surface area contributed by atoms with Crippen molar-refractivity contribution in [3.8, 4) is 5.75 Å². The van der Waals surface area contributed by atoms with Gasteiger partial charge in [0, 0.05) is 17.5 Å². The largest absolute Gasteiger partial charge is 0.493 e. The number of ether oxygens (including phenoxy) is 1. The number of benzene rings is 1. The fourth-order valence-electron chi connectivity index (χ4n) is 3.80. The lowest BCUT2D eigenvalue weighted by Crippen LogP contribution is -2.55. The van der Waals surface area contributed by atoms with Crippen molar-refractivity contribution in [1.29, 1.82) is 0 Å². The molecule has 0 aromatic heterocycles. The minimum atomic E-state index is -0.0315. The lowest BCUT2D eigenvalue weighted by Gasteiger charge is -2.46. The first-order chi connectivity index (χ1) is 10.1. The standard InChI is InChI=1S/C17H27N3O/c1-17(2,20-10-4-3-5-11-20)16(19-18)14-8-6-7-13-9-12-21-15(13)14/h6-8,16,19H,3-5,9-12,18H2,1-2H3. The second kappa shape index (κ2) is 5.95. The van der Waals surface area contributed by atoms with Gasteiger partial charge in [0.05, 0.1) is 12.6 Å². The Hall–Kier alpha value is -1.10. The van der Waals surface area contributed by atoms with Gasteiger partial charge in [-0.25, -0.2) is 0 Å². The Morgan fingerprint density at radius 2 is 2.00 bits per heavy atom. The summed E-state index contributed by atoms with van der Waals surface area (Å²) in [7, 11) is 0. The van der Waals surface area contributed by atoms with E-state index in [2.05, 4.69) is 42.4 Å². The van der Waals surface area contributed by atoms with Gasteiger partial charge in [0.1, 0.15) is 5.75 Å². The van der Waals surface area contributed by atoms with Crippen molar-refractivity contribution < 1.29 is 4.74 Å². The topological polar surface area (TPSA) is 50.5 Å². The molecular formula is C17H27N3O. The quantitative estimate of drug-likeness (QED) is 0.660. The fraction of sp³-hybridized carbons (Fsp3) is 0.647. The number of para-hydroxylation sites is 1. The van der Waals surface area contributed by atoms with E-state index in [9.17, 15) is 0 Å². The Balaban J connectivity index is 1.92. The van der Waals surface area contributed by atoms with Crippen LogP contribution in [0.2, 0.25) is 0 Å². The number of hydrazine groups is 1. The summed E-state index contributed by atoms with van der Waals surface area (Å²) >= 11 is 0. The summed E-state index contributed by atoms with van der Waals surface area (Å²) in [6, 6.07) is 6.51. The van der Waals surface area contributed by atoms with Crippen molar-refractivity contribution in [2.24, 2.45) is 5.84 Å². The molecule has 2 aliphatic rings. The van der Waals surface area contributed by atoms with E-state index in [-0.39, 0.29) is 11.6 Å². The molecule has 4 nitrogen and oxygen atoms in total. The van der Waals surface area contributed by atoms with Crippen LogP contribution in [0, 0.1) is 0 Å². The first-order valence-electron chi connectivity index (χ1n) is 8.10. The van der Waals surface area contributed by atoms with Gasteiger partial charge >= 0.3 is 0 Å². The lowest BCUT2D eigenvalue weighted by atomic mass is 9.85. The monoisotopic (exact) mass is 289 g/mol. The third-order valence-corrected chi connectivity index (χ3v) is 5.10. The number of rotatable bonds is 4. The molecule has 1 unspecified atom stereocenters. The van der Waals surface area contributed by atoms with Crippen LogP contribution in [-0.2, 0) is 6.42 Å². The van der Waals surface area contributed by atoms with Gasteiger partial charge in [0.2, 0.25) is 0 Å². The Kier molecular flexibility index (Phi) is 4.20. The van der Waals surface area contributed by atoms with Crippen LogP contribution in [0.15, 0.2) is 18.2 Å². The maximum absolute atomic E-state index is 5.96. The third kappa shape index (κ3) is 2.68. The molecule has 0 saturated carbocycles. The zero-order valence-corrected chi connectivity index (χ0v) is 13.2. The van der Waals surface area contributed by atoms with Gasteiger partial charge in [-0.3, -0.25) is 16.2 Å². The minimum absolute atomic E-state index is 0.0315. The molecule has 21 heavy (non-hydrogen) atoms. The van der Waals surface area contributed by atoms with Crippen LogP contribution in [0.1, 0.15) is 50.3 Å². The van der Waals surface area contributed by atoms with Crippen molar-refractivity contribution in [2.45, 2.75) is 51.1 Å². The maximum Gasteiger partial charge on any atom is 0.127 e. The van der Waals surface area contributed by atoms with Crippen LogP contribution in [0.4, 0.5) is 0 Å². The molecular weight excluding hydrogens is 262 g/mol. The normalized spacial score (nSPS) is 20.9. The number of hydrogen-bond donors (Lipinski definition) is 2.